The van der Waals surface area contributed by atoms with Gasteiger partial charge in [-0.15, -0.1) is 0 Å². The largest absolute Gasteiger partial charge is 0.276 e. The highest BCUT2D eigenvalue weighted by Crippen LogP contribution is 2.17. The van der Waals surface area contributed by atoms with Crippen molar-refractivity contribution in [2.45, 2.75) is 0 Å². The van der Waals surface area contributed by atoms with E-state index in [9.17, 15) is 9.59 Å². The molecule has 0 saturated heterocycles. The van der Waals surface area contributed by atoms with Crippen LogP contribution in [0.15, 0.2) is 36.4 Å². The second-order valence-electron chi connectivity index (χ2n) is 2.50. The molecule has 0 spiro atoms. The number of allylic oxidation sites excluding steroid dienone is 2. The van der Waals surface area contributed by atoms with Gasteiger partial charge < -0.3 is 0 Å². The fraction of sp³-hybridized carbons (Fsp3) is 0. The molecule has 0 aliphatic carbocycles. The second kappa shape index (κ2) is 4.94. The summed E-state index contributed by atoms with van der Waals surface area (Å²) in [6, 6.07) is 8.61. The Hall–Kier alpha value is -1.12. The van der Waals surface area contributed by atoms with Gasteiger partial charge in [0.25, 0.3) is 5.24 Å². The van der Waals surface area contributed by atoms with Crippen LogP contribution in [0.1, 0.15) is 5.56 Å². The molecule has 0 aliphatic heterocycles. The summed E-state index contributed by atoms with van der Waals surface area (Å²) in [5.41, 5.74) is 0.675. The van der Waals surface area contributed by atoms with Gasteiger partial charge in [0.05, 0.1) is 0 Å². The molecule has 0 amide bonds. The second-order valence-corrected chi connectivity index (χ2v) is 3.22. The monoisotopic (exact) mass is 228 g/mol. The van der Waals surface area contributed by atoms with E-state index in [0.717, 1.165) is 6.08 Å². The standard InChI is InChI=1S/C10H6Cl2O2/c11-9(13)6-8(10(12)14)7-4-2-1-3-5-7/h1-6H/b8-6-. The Labute approximate surface area is 91.1 Å². The van der Waals surface area contributed by atoms with Gasteiger partial charge in [0.15, 0.2) is 0 Å². The molecular formula is C10H6Cl2O2. The molecule has 1 rings (SSSR count). The van der Waals surface area contributed by atoms with Crippen LogP contribution in [-0.2, 0) is 9.59 Å². The van der Waals surface area contributed by atoms with Gasteiger partial charge in [-0.1, -0.05) is 30.3 Å². The third kappa shape index (κ3) is 2.98. The van der Waals surface area contributed by atoms with Crippen LogP contribution in [0.4, 0.5) is 0 Å². The predicted molar refractivity (Wildman–Crippen MR) is 56.1 cm³/mol. The van der Waals surface area contributed by atoms with Crippen molar-refractivity contribution in [3.63, 3.8) is 0 Å². The van der Waals surface area contributed by atoms with Crippen molar-refractivity contribution in [2.24, 2.45) is 0 Å². The lowest BCUT2D eigenvalue weighted by Gasteiger charge is -1.99. The Balaban J connectivity index is 3.14. The molecule has 0 N–H and O–H groups in total. The first-order chi connectivity index (χ1) is 6.61. The van der Waals surface area contributed by atoms with Gasteiger partial charge in [-0.05, 0) is 28.8 Å². The molecule has 0 aromatic heterocycles. The first kappa shape index (κ1) is 11.0. The van der Waals surface area contributed by atoms with E-state index in [1.165, 1.54) is 0 Å². The zero-order valence-electron chi connectivity index (χ0n) is 7.04. The maximum Gasteiger partial charge on any atom is 0.253 e. The highest BCUT2D eigenvalue weighted by molar-refractivity contribution is 6.76. The number of hydrogen-bond donors (Lipinski definition) is 0. The molecular weight excluding hydrogens is 223 g/mol. The number of halogens is 2. The summed E-state index contributed by atoms with van der Waals surface area (Å²) < 4.78 is 0. The maximum absolute atomic E-state index is 11.0. The van der Waals surface area contributed by atoms with E-state index >= 15 is 0 Å². The SMILES string of the molecule is O=C(Cl)/C=C(\C(=O)Cl)c1ccccc1. The quantitative estimate of drug-likeness (QED) is 0.589. The van der Waals surface area contributed by atoms with Crippen molar-refractivity contribution < 1.29 is 9.59 Å². The van der Waals surface area contributed by atoms with Crippen molar-refractivity contribution in [2.75, 3.05) is 0 Å². The molecule has 14 heavy (non-hydrogen) atoms. The van der Waals surface area contributed by atoms with Crippen LogP contribution < -0.4 is 0 Å². The Morgan fingerprint density at radius 3 is 2.07 bits per heavy atom. The van der Waals surface area contributed by atoms with Crippen LogP contribution in [0.25, 0.3) is 5.57 Å². The third-order valence-electron chi connectivity index (χ3n) is 1.55. The lowest BCUT2D eigenvalue weighted by Crippen LogP contribution is -1.95. The van der Waals surface area contributed by atoms with Crippen LogP contribution in [0, 0.1) is 0 Å². The van der Waals surface area contributed by atoms with E-state index < -0.39 is 10.5 Å². The van der Waals surface area contributed by atoms with E-state index in [2.05, 4.69) is 0 Å². The van der Waals surface area contributed by atoms with Crippen molar-refractivity contribution in [3.05, 3.63) is 42.0 Å². The summed E-state index contributed by atoms with van der Waals surface area (Å²) in [5, 5.41) is -1.43. The molecule has 0 radical (unpaired) electrons. The lowest BCUT2D eigenvalue weighted by molar-refractivity contribution is -0.109. The van der Waals surface area contributed by atoms with Crippen LogP contribution in [0.5, 0.6) is 0 Å². The Morgan fingerprint density at radius 2 is 1.64 bits per heavy atom. The van der Waals surface area contributed by atoms with Gasteiger partial charge >= 0.3 is 0 Å². The summed E-state index contributed by atoms with van der Waals surface area (Å²) in [4.78, 5) is 21.6. The van der Waals surface area contributed by atoms with E-state index in [1.54, 1.807) is 30.3 Å². The zero-order chi connectivity index (χ0) is 10.6. The number of benzene rings is 1. The molecule has 2 nitrogen and oxygen atoms in total. The summed E-state index contributed by atoms with van der Waals surface area (Å²) in [7, 11) is 0. The smallest absolute Gasteiger partial charge is 0.253 e. The van der Waals surface area contributed by atoms with Crippen LogP contribution >= 0.6 is 23.2 Å². The Bertz CT molecular complexity index is 382. The maximum atomic E-state index is 11.0. The van der Waals surface area contributed by atoms with Crippen LogP contribution in [0.3, 0.4) is 0 Å². The van der Waals surface area contributed by atoms with Crippen molar-refractivity contribution in [1.82, 2.24) is 0 Å². The zero-order valence-corrected chi connectivity index (χ0v) is 8.55. The van der Waals surface area contributed by atoms with Crippen LogP contribution in [0.2, 0.25) is 0 Å². The summed E-state index contributed by atoms with van der Waals surface area (Å²) >= 11 is 10.4. The molecule has 0 unspecified atom stereocenters. The van der Waals surface area contributed by atoms with Gasteiger partial charge in [-0.25, -0.2) is 0 Å². The molecule has 0 bridgehead atoms. The summed E-state index contributed by atoms with van der Waals surface area (Å²) in [6.07, 6.45) is 1.01. The van der Waals surface area contributed by atoms with E-state index in [-0.39, 0.29) is 5.57 Å². The number of rotatable bonds is 3. The van der Waals surface area contributed by atoms with Crippen molar-refractivity contribution in [1.29, 1.82) is 0 Å². The molecule has 4 heteroatoms. The predicted octanol–water partition coefficient (Wildman–Crippen LogP) is 2.60. The van der Waals surface area contributed by atoms with Gasteiger partial charge in [-0.2, -0.15) is 0 Å². The first-order valence-electron chi connectivity index (χ1n) is 3.77. The molecule has 1 aromatic rings. The molecule has 1 aromatic carbocycles. The molecule has 72 valence electrons. The molecule has 0 fully saturated rings. The van der Waals surface area contributed by atoms with E-state index in [0.29, 0.717) is 5.56 Å². The fourth-order valence-corrected chi connectivity index (χ4v) is 1.26. The van der Waals surface area contributed by atoms with Gasteiger partial charge in [-0.3, -0.25) is 9.59 Å². The molecule has 0 heterocycles. The van der Waals surface area contributed by atoms with E-state index in [4.69, 9.17) is 23.2 Å². The van der Waals surface area contributed by atoms with Gasteiger partial charge in [0.2, 0.25) is 5.24 Å². The lowest BCUT2D eigenvalue weighted by atomic mass is 10.1. The number of hydrogen-bond acceptors (Lipinski definition) is 2. The fourth-order valence-electron chi connectivity index (χ4n) is 0.985. The van der Waals surface area contributed by atoms with Gasteiger partial charge in [0, 0.05) is 11.6 Å². The molecule has 0 aliphatic rings. The Morgan fingerprint density at radius 1 is 1.07 bits per heavy atom. The van der Waals surface area contributed by atoms with Crippen molar-refractivity contribution >= 4 is 39.3 Å². The average Bonchev–Trinajstić information content (AvgIpc) is 2.15. The Kier molecular flexibility index (Phi) is 3.86. The summed E-state index contributed by atoms with van der Waals surface area (Å²) in [6.45, 7) is 0. The minimum absolute atomic E-state index is 0.104. The third-order valence-corrected chi connectivity index (χ3v) is 1.87. The molecule has 0 atom stereocenters. The summed E-state index contributed by atoms with van der Waals surface area (Å²) in [5.74, 6) is 0. The van der Waals surface area contributed by atoms with Gasteiger partial charge in [0.1, 0.15) is 0 Å². The normalized spacial score (nSPS) is 11.1. The minimum Gasteiger partial charge on any atom is -0.276 e. The highest BCUT2D eigenvalue weighted by atomic mass is 35.5. The van der Waals surface area contributed by atoms with Crippen molar-refractivity contribution in [3.8, 4) is 0 Å². The molecule has 0 saturated carbocycles. The van der Waals surface area contributed by atoms with Crippen LogP contribution in [-0.4, -0.2) is 10.5 Å². The topological polar surface area (TPSA) is 34.1 Å². The van der Waals surface area contributed by atoms with E-state index in [1.807, 2.05) is 0 Å². The number of carbonyl (C=O) groups excluding carboxylic acids is 2. The average molecular weight is 229 g/mol. The first-order valence-corrected chi connectivity index (χ1v) is 4.53. The highest BCUT2D eigenvalue weighted by Gasteiger charge is 2.09. The minimum atomic E-state index is -0.724. The number of carbonyl (C=O) groups is 2.